The third-order valence-electron chi connectivity index (χ3n) is 5.82. The number of aromatic nitrogens is 2. The predicted molar refractivity (Wildman–Crippen MR) is 119 cm³/mol. The molecule has 2 aromatic carbocycles. The Morgan fingerprint density at radius 1 is 1.15 bits per heavy atom. The molecule has 1 saturated heterocycles. The molecular formula is C24H22F2N4O4. The maximum absolute atomic E-state index is 13.3. The molecule has 0 aliphatic carbocycles. The number of likely N-dealkylation sites (tertiary alicyclic amines) is 1. The Balaban J connectivity index is 1.41. The minimum atomic E-state index is -2.68. The number of amides is 2. The second-order valence-corrected chi connectivity index (χ2v) is 8.25. The highest BCUT2D eigenvalue weighted by Crippen LogP contribution is 2.41. The second-order valence-electron chi connectivity index (χ2n) is 8.25. The van der Waals surface area contributed by atoms with Gasteiger partial charge in [0.25, 0.3) is 18.2 Å². The molecule has 34 heavy (non-hydrogen) atoms. The number of anilines is 1. The van der Waals surface area contributed by atoms with Crippen molar-refractivity contribution in [3.05, 3.63) is 65.4 Å². The lowest BCUT2D eigenvalue weighted by Gasteiger charge is -2.30. The number of carbonyl (C=O) groups is 2. The minimum Gasteiger partial charge on any atom is -0.484 e. The van der Waals surface area contributed by atoms with E-state index in [-0.39, 0.29) is 29.4 Å². The number of fused-ring (bicyclic) bond motifs is 1. The summed E-state index contributed by atoms with van der Waals surface area (Å²) in [6, 6.07) is 11.2. The third-order valence-corrected chi connectivity index (χ3v) is 5.82. The molecule has 3 aromatic rings. The van der Waals surface area contributed by atoms with E-state index < -0.39 is 18.4 Å². The molecule has 1 aromatic heterocycles. The van der Waals surface area contributed by atoms with Crippen LogP contribution in [0.2, 0.25) is 0 Å². The van der Waals surface area contributed by atoms with Crippen LogP contribution in [0.5, 0.6) is 17.2 Å². The van der Waals surface area contributed by atoms with Crippen molar-refractivity contribution in [3.8, 4) is 17.2 Å². The third kappa shape index (κ3) is 4.30. The van der Waals surface area contributed by atoms with Gasteiger partial charge in [0, 0.05) is 55.5 Å². The van der Waals surface area contributed by atoms with E-state index >= 15 is 0 Å². The fraction of sp³-hybridized carbons (Fsp3) is 0.292. The first-order valence-corrected chi connectivity index (χ1v) is 10.9. The van der Waals surface area contributed by atoms with Gasteiger partial charge in [-0.1, -0.05) is 0 Å². The molecule has 8 nitrogen and oxygen atoms in total. The summed E-state index contributed by atoms with van der Waals surface area (Å²) >= 11 is 0. The van der Waals surface area contributed by atoms with Crippen LogP contribution < -0.4 is 14.8 Å². The number of halogens is 2. The summed E-state index contributed by atoms with van der Waals surface area (Å²) in [6.45, 7) is 1.50. The average molecular weight is 468 g/mol. The number of ether oxygens (including phenoxy) is 2. The molecule has 0 spiro atoms. The molecule has 2 amide bonds. The number of alkyl halides is 2. The number of benzene rings is 2. The van der Waals surface area contributed by atoms with Gasteiger partial charge in [-0.2, -0.15) is 5.10 Å². The minimum absolute atomic E-state index is 0.0416. The summed E-state index contributed by atoms with van der Waals surface area (Å²) in [7, 11) is 1.72. The first kappa shape index (κ1) is 21.9. The van der Waals surface area contributed by atoms with Gasteiger partial charge in [0.1, 0.15) is 17.2 Å². The van der Waals surface area contributed by atoms with Crippen molar-refractivity contribution in [1.29, 1.82) is 0 Å². The number of aryl methyl sites for hydroxylation is 1. The van der Waals surface area contributed by atoms with Crippen molar-refractivity contribution < 1.29 is 27.8 Å². The van der Waals surface area contributed by atoms with Gasteiger partial charge in [-0.25, -0.2) is 8.78 Å². The number of rotatable bonds is 6. The molecule has 0 saturated carbocycles. The van der Waals surface area contributed by atoms with Gasteiger partial charge in [0.2, 0.25) is 0 Å². The summed E-state index contributed by atoms with van der Waals surface area (Å²) in [5.41, 5.74) is 1.18. The van der Waals surface area contributed by atoms with E-state index in [0.717, 1.165) is 19.5 Å². The number of nitrogens with zero attached hydrogens (tertiary/aromatic N) is 3. The molecule has 10 heteroatoms. The lowest BCUT2D eigenvalue weighted by molar-refractivity contribution is 0.0245. The Labute approximate surface area is 194 Å². The second kappa shape index (κ2) is 8.77. The smallest absolute Gasteiger partial charge is 0.275 e. The summed E-state index contributed by atoms with van der Waals surface area (Å²) < 4.78 is 39.6. The van der Waals surface area contributed by atoms with E-state index in [1.807, 2.05) is 0 Å². The van der Waals surface area contributed by atoms with Crippen molar-refractivity contribution in [3.63, 3.8) is 0 Å². The fourth-order valence-electron chi connectivity index (χ4n) is 3.86. The fourth-order valence-corrected chi connectivity index (χ4v) is 3.86. The summed E-state index contributed by atoms with van der Waals surface area (Å²) in [6.07, 6.45) is -1.36. The Kier molecular flexibility index (Phi) is 5.64. The number of hydrogen-bond donors (Lipinski definition) is 1. The van der Waals surface area contributed by atoms with Crippen LogP contribution >= 0.6 is 0 Å². The lowest BCUT2D eigenvalue weighted by Crippen LogP contribution is -2.41. The topological polar surface area (TPSA) is 85.7 Å². The molecule has 1 N–H and O–H groups in total. The van der Waals surface area contributed by atoms with Gasteiger partial charge in [-0.05, 0) is 42.8 Å². The molecule has 5 rings (SSSR count). The highest BCUT2D eigenvalue weighted by Gasteiger charge is 2.34. The molecule has 1 atom stereocenters. The van der Waals surface area contributed by atoms with E-state index in [1.54, 1.807) is 53.2 Å². The van der Waals surface area contributed by atoms with Crippen molar-refractivity contribution in [2.75, 3.05) is 18.4 Å². The normalized spacial score (nSPS) is 16.6. The maximum atomic E-state index is 13.3. The molecule has 1 unspecified atom stereocenters. The van der Waals surface area contributed by atoms with Gasteiger partial charge in [-0.15, -0.1) is 0 Å². The molecule has 3 heterocycles. The highest BCUT2D eigenvalue weighted by atomic mass is 19.3. The summed E-state index contributed by atoms with van der Waals surface area (Å²) in [5.74, 6) is 0.660. The van der Waals surface area contributed by atoms with Crippen molar-refractivity contribution in [2.24, 2.45) is 7.05 Å². The Morgan fingerprint density at radius 2 is 1.91 bits per heavy atom. The molecule has 0 bridgehead atoms. The first-order chi connectivity index (χ1) is 16.4. The van der Waals surface area contributed by atoms with Gasteiger partial charge < -0.3 is 19.7 Å². The molecule has 2 aliphatic rings. The van der Waals surface area contributed by atoms with E-state index in [9.17, 15) is 18.4 Å². The van der Waals surface area contributed by atoms with Gasteiger partial charge in [0.15, 0.2) is 11.9 Å². The monoisotopic (exact) mass is 468 g/mol. The van der Waals surface area contributed by atoms with Crippen molar-refractivity contribution in [1.82, 2.24) is 14.7 Å². The Morgan fingerprint density at radius 3 is 2.53 bits per heavy atom. The number of carbonyl (C=O) groups excluding carboxylic acids is 2. The Bertz CT molecular complexity index is 1240. The number of nitrogens with one attached hydrogen (secondary N) is 1. The zero-order valence-corrected chi connectivity index (χ0v) is 18.3. The van der Waals surface area contributed by atoms with E-state index in [4.69, 9.17) is 9.47 Å². The van der Waals surface area contributed by atoms with Crippen LogP contribution in [0.1, 0.15) is 32.7 Å². The van der Waals surface area contributed by atoms with Crippen LogP contribution in [0, 0.1) is 0 Å². The van der Waals surface area contributed by atoms with Crippen LogP contribution in [-0.4, -0.2) is 52.1 Å². The van der Waals surface area contributed by atoms with Crippen molar-refractivity contribution in [2.45, 2.75) is 25.4 Å². The van der Waals surface area contributed by atoms with Gasteiger partial charge in [0.05, 0.1) is 0 Å². The zero-order chi connectivity index (χ0) is 23.8. The Hall–Kier alpha value is -3.95. The van der Waals surface area contributed by atoms with Crippen LogP contribution in [0.25, 0.3) is 0 Å². The number of hydrogen-bond acceptors (Lipinski definition) is 5. The standard InChI is InChI=1S/C24H22F2N4O4/c1-29-10-7-21(28-29)27-23(31)15-11-18(17-13-20(22(25)26)34-19(17)12-15)33-16-5-3-14(4-6-16)24(32)30-8-2-9-30/h3-7,10-12,20,22H,2,8-9,13H2,1H3,(H,27,28,31). The van der Waals surface area contributed by atoms with Gasteiger partial charge in [-0.3, -0.25) is 14.3 Å². The summed E-state index contributed by atoms with van der Waals surface area (Å²) in [5, 5.41) is 6.78. The van der Waals surface area contributed by atoms with Gasteiger partial charge >= 0.3 is 0 Å². The molecule has 1 fully saturated rings. The maximum Gasteiger partial charge on any atom is 0.275 e. The highest BCUT2D eigenvalue weighted by molar-refractivity contribution is 6.04. The molecule has 176 valence electrons. The molecule has 2 aliphatic heterocycles. The van der Waals surface area contributed by atoms with Crippen molar-refractivity contribution >= 4 is 17.6 Å². The van der Waals surface area contributed by atoms with Crippen LogP contribution in [0.4, 0.5) is 14.6 Å². The van der Waals surface area contributed by atoms with Crippen LogP contribution in [0.15, 0.2) is 48.7 Å². The first-order valence-electron chi connectivity index (χ1n) is 10.9. The van der Waals surface area contributed by atoms with E-state index in [2.05, 4.69) is 10.4 Å². The average Bonchev–Trinajstić information content (AvgIpc) is 3.39. The van der Waals surface area contributed by atoms with E-state index in [1.165, 1.54) is 12.1 Å². The molecule has 0 radical (unpaired) electrons. The van der Waals surface area contributed by atoms with Crippen LogP contribution in [-0.2, 0) is 13.5 Å². The lowest BCUT2D eigenvalue weighted by atomic mass is 10.0. The summed E-state index contributed by atoms with van der Waals surface area (Å²) in [4.78, 5) is 26.9. The van der Waals surface area contributed by atoms with E-state index in [0.29, 0.717) is 22.7 Å². The quantitative estimate of drug-likeness (QED) is 0.594. The SMILES string of the molecule is Cn1ccc(NC(=O)c2cc(Oc3ccc(C(=O)N4CCC4)cc3)c3c(c2)OC(C(F)F)C3)n1. The predicted octanol–water partition coefficient (Wildman–Crippen LogP) is 3.88. The van der Waals surface area contributed by atoms with Crippen LogP contribution in [0.3, 0.4) is 0 Å². The molecular weight excluding hydrogens is 446 g/mol. The largest absolute Gasteiger partial charge is 0.484 e. The zero-order valence-electron chi connectivity index (χ0n) is 18.3.